The van der Waals surface area contributed by atoms with E-state index in [1.54, 1.807) is 0 Å². The van der Waals surface area contributed by atoms with Crippen molar-refractivity contribution >= 4 is 26.0 Å². The lowest BCUT2D eigenvalue weighted by molar-refractivity contribution is 0.293. The first-order valence-corrected chi connectivity index (χ1v) is 8.31. The fourth-order valence-electron chi connectivity index (χ4n) is 2.18. The van der Waals surface area contributed by atoms with Crippen LogP contribution in [0.25, 0.3) is 0 Å². The Morgan fingerprint density at radius 1 is 1.47 bits per heavy atom. The van der Waals surface area contributed by atoms with Crippen molar-refractivity contribution < 1.29 is 12.8 Å². The predicted molar refractivity (Wildman–Crippen MR) is 74.9 cm³/mol. The van der Waals surface area contributed by atoms with Gasteiger partial charge < -0.3 is 5.32 Å². The minimum Gasteiger partial charge on any atom is -0.316 e. The molecule has 0 bridgehead atoms. The van der Waals surface area contributed by atoms with E-state index in [1.807, 2.05) is 7.05 Å². The molecule has 1 aromatic rings. The zero-order valence-electron chi connectivity index (χ0n) is 10.6. The lowest BCUT2D eigenvalue weighted by Crippen LogP contribution is -2.46. The highest BCUT2D eigenvalue weighted by atomic mass is 79.9. The van der Waals surface area contributed by atoms with Crippen LogP contribution in [0.3, 0.4) is 0 Å². The maximum Gasteiger partial charge on any atom is 0.243 e. The topological polar surface area (TPSA) is 49.4 Å². The van der Waals surface area contributed by atoms with Crippen LogP contribution in [0.4, 0.5) is 4.39 Å². The average Bonchev–Trinajstić information content (AvgIpc) is 2.41. The van der Waals surface area contributed by atoms with Crippen molar-refractivity contribution in [3.8, 4) is 0 Å². The smallest absolute Gasteiger partial charge is 0.243 e. The Kier molecular flexibility index (Phi) is 4.60. The summed E-state index contributed by atoms with van der Waals surface area (Å²) in [5.74, 6) is -0.566. The second kappa shape index (κ2) is 5.87. The molecule has 0 aromatic heterocycles. The molecule has 1 aliphatic rings. The van der Waals surface area contributed by atoms with Crippen LogP contribution in [-0.2, 0) is 10.0 Å². The number of hydrogen-bond acceptors (Lipinski definition) is 3. The van der Waals surface area contributed by atoms with E-state index in [-0.39, 0.29) is 15.4 Å². The van der Waals surface area contributed by atoms with Crippen molar-refractivity contribution in [1.82, 2.24) is 9.62 Å². The zero-order valence-corrected chi connectivity index (χ0v) is 13.0. The van der Waals surface area contributed by atoms with Gasteiger partial charge in [-0.25, -0.2) is 12.8 Å². The highest BCUT2D eigenvalue weighted by Gasteiger charge is 2.30. The number of halogens is 2. The molecule has 0 saturated carbocycles. The van der Waals surface area contributed by atoms with Crippen LogP contribution in [0.1, 0.15) is 12.8 Å². The minimum atomic E-state index is -3.61. The van der Waals surface area contributed by atoms with Crippen LogP contribution >= 0.6 is 15.9 Å². The SMILES string of the molecule is CNC1CCCN(S(=O)(=O)c2ccc(Br)c(F)c2)C1. The lowest BCUT2D eigenvalue weighted by Gasteiger charge is -2.31. The van der Waals surface area contributed by atoms with Gasteiger partial charge in [0, 0.05) is 19.1 Å². The molecule has 106 valence electrons. The van der Waals surface area contributed by atoms with E-state index in [9.17, 15) is 12.8 Å². The molecule has 1 heterocycles. The van der Waals surface area contributed by atoms with E-state index in [0.717, 1.165) is 18.9 Å². The molecule has 7 heteroatoms. The van der Waals surface area contributed by atoms with E-state index < -0.39 is 15.8 Å². The summed E-state index contributed by atoms with van der Waals surface area (Å²) in [6.07, 6.45) is 1.76. The second-order valence-electron chi connectivity index (χ2n) is 4.57. The Bertz CT molecular complexity index is 565. The van der Waals surface area contributed by atoms with Crippen molar-refractivity contribution in [2.45, 2.75) is 23.8 Å². The van der Waals surface area contributed by atoms with Gasteiger partial charge in [0.2, 0.25) is 10.0 Å². The zero-order chi connectivity index (χ0) is 14.0. The quantitative estimate of drug-likeness (QED) is 0.906. The van der Waals surface area contributed by atoms with Gasteiger partial charge in [0.1, 0.15) is 5.82 Å². The number of nitrogens with one attached hydrogen (secondary N) is 1. The Morgan fingerprint density at radius 3 is 2.84 bits per heavy atom. The fraction of sp³-hybridized carbons (Fsp3) is 0.500. The summed E-state index contributed by atoms with van der Waals surface area (Å²) in [6.45, 7) is 0.911. The average molecular weight is 351 g/mol. The number of rotatable bonds is 3. The van der Waals surface area contributed by atoms with Crippen molar-refractivity contribution in [2.75, 3.05) is 20.1 Å². The Balaban J connectivity index is 2.28. The van der Waals surface area contributed by atoms with Gasteiger partial charge in [-0.05, 0) is 54.0 Å². The molecule has 1 aliphatic heterocycles. The van der Waals surface area contributed by atoms with Crippen LogP contribution in [-0.4, -0.2) is 38.9 Å². The number of hydrogen-bond donors (Lipinski definition) is 1. The summed E-state index contributed by atoms with van der Waals surface area (Å²) in [4.78, 5) is 0.00459. The monoisotopic (exact) mass is 350 g/mol. The highest BCUT2D eigenvalue weighted by molar-refractivity contribution is 9.10. The summed E-state index contributed by atoms with van der Waals surface area (Å²) in [5, 5.41) is 3.09. The van der Waals surface area contributed by atoms with Crippen LogP contribution in [0.5, 0.6) is 0 Å². The standard InChI is InChI=1S/C12H16BrFN2O2S/c1-15-9-3-2-6-16(8-9)19(17,18)10-4-5-11(13)12(14)7-10/h4-5,7,9,15H,2-3,6,8H2,1H3. The third kappa shape index (κ3) is 3.16. The molecule has 1 aromatic carbocycles. The van der Waals surface area contributed by atoms with E-state index in [2.05, 4.69) is 21.2 Å². The molecule has 1 N–H and O–H groups in total. The summed E-state index contributed by atoms with van der Waals surface area (Å²) in [7, 11) is -1.79. The van der Waals surface area contributed by atoms with Crippen LogP contribution in [0, 0.1) is 5.82 Å². The van der Waals surface area contributed by atoms with E-state index in [0.29, 0.717) is 13.1 Å². The van der Waals surface area contributed by atoms with Gasteiger partial charge in [0.05, 0.1) is 9.37 Å². The maximum atomic E-state index is 13.5. The molecular weight excluding hydrogens is 335 g/mol. The normalized spacial score (nSPS) is 21.5. The first-order valence-electron chi connectivity index (χ1n) is 6.07. The highest BCUT2D eigenvalue weighted by Crippen LogP contribution is 2.24. The summed E-state index contributed by atoms with van der Waals surface area (Å²) in [5.41, 5.74) is 0. The van der Waals surface area contributed by atoms with Gasteiger partial charge in [-0.2, -0.15) is 4.31 Å². The Morgan fingerprint density at radius 2 is 2.21 bits per heavy atom. The van der Waals surface area contributed by atoms with Crippen LogP contribution < -0.4 is 5.32 Å². The molecular formula is C12H16BrFN2O2S. The minimum absolute atomic E-state index is 0.00459. The number of benzene rings is 1. The van der Waals surface area contributed by atoms with Crippen molar-refractivity contribution in [2.24, 2.45) is 0 Å². The summed E-state index contributed by atoms with van der Waals surface area (Å²) >= 11 is 3.02. The Labute approximate surface area is 121 Å². The molecule has 4 nitrogen and oxygen atoms in total. The van der Waals surface area contributed by atoms with Gasteiger partial charge >= 0.3 is 0 Å². The molecule has 19 heavy (non-hydrogen) atoms. The molecule has 1 saturated heterocycles. The van der Waals surface area contributed by atoms with Gasteiger partial charge in [-0.3, -0.25) is 0 Å². The van der Waals surface area contributed by atoms with E-state index in [4.69, 9.17) is 0 Å². The molecule has 1 unspecified atom stereocenters. The third-order valence-electron chi connectivity index (χ3n) is 3.32. The number of sulfonamides is 1. The summed E-state index contributed by atoms with van der Waals surface area (Å²) in [6, 6.07) is 4.05. The maximum absolute atomic E-state index is 13.5. The van der Waals surface area contributed by atoms with Crippen molar-refractivity contribution in [1.29, 1.82) is 0 Å². The van der Waals surface area contributed by atoms with Crippen LogP contribution in [0.15, 0.2) is 27.6 Å². The van der Waals surface area contributed by atoms with Gasteiger partial charge in [-0.1, -0.05) is 0 Å². The second-order valence-corrected chi connectivity index (χ2v) is 7.36. The first kappa shape index (κ1) is 14.9. The van der Waals surface area contributed by atoms with Gasteiger partial charge in [-0.15, -0.1) is 0 Å². The molecule has 0 amide bonds. The van der Waals surface area contributed by atoms with Crippen LogP contribution in [0.2, 0.25) is 0 Å². The van der Waals surface area contributed by atoms with Gasteiger partial charge in [0.25, 0.3) is 0 Å². The molecule has 0 radical (unpaired) electrons. The molecule has 0 spiro atoms. The molecule has 1 fully saturated rings. The van der Waals surface area contributed by atoms with Crippen molar-refractivity contribution in [3.05, 3.63) is 28.5 Å². The molecule has 0 aliphatic carbocycles. The van der Waals surface area contributed by atoms with Crippen molar-refractivity contribution in [3.63, 3.8) is 0 Å². The lowest BCUT2D eigenvalue weighted by atomic mass is 10.1. The van der Waals surface area contributed by atoms with E-state index >= 15 is 0 Å². The molecule has 2 rings (SSSR count). The largest absolute Gasteiger partial charge is 0.316 e. The number of piperidine rings is 1. The van der Waals surface area contributed by atoms with E-state index in [1.165, 1.54) is 16.4 Å². The first-order chi connectivity index (χ1) is 8.95. The molecule has 1 atom stereocenters. The summed E-state index contributed by atoms with van der Waals surface area (Å²) < 4.78 is 40.0. The Hall–Kier alpha value is -0.500. The third-order valence-corrected chi connectivity index (χ3v) is 5.83. The van der Waals surface area contributed by atoms with Gasteiger partial charge in [0.15, 0.2) is 0 Å². The predicted octanol–water partition coefficient (Wildman–Crippen LogP) is 1.96. The fourth-order valence-corrected chi connectivity index (χ4v) is 3.97. The number of likely N-dealkylation sites (N-methyl/N-ethyl adjacent to an activating group) is 1. The number of nitrogens with zero attached hydrogens (tertiary/aromatic N) is 1.